The van der Waals surface area contributed by atoms with Gasteiger partial charge in [-0.2, -0.15) is 0 Å². The van der Waals surface area contributed by atoms with Gasteiger partial charge >= 0.3 is 6.03 Å². The normalized spacial score (nSPS) is 18.4. The highest BCUT2D eigenvalue weighted by atomic mass is 16.2. The maximum Gasteiger partial charge on any atom is 0.325 e. The minimum absolute atomic E-state index is 0.116. The molecule has 1 aliphatic rings. The first-order valence-corrected chi connectivity index (χ1v) is 9.98. The average molecular weight is 410 g/mol. The molecule has 0 aliphatic carbocycles. The predicted molar refractivity (Wildman–Crippen MR) is 112 cm³/mol. The van der Waals surface area contributed by atoms with Crippen LogP contribution in [0.5, 0.6) is 0 Å². The van der Waals surface area contributed by atoms with Crippen molar-refractivity contribution in [3.05, 3.63) is 48.0 Å². The van der Waals surface area contributed by atoms with Gasteiger partial charge in [0.1, 0.15) is 12.1 Å². The minimum Gasteiger partial charge on any atom is -0.355 e. The van der Waals surface area contributed by atoms with Crippen LogP contribution in [-0.2, 0) is 19.9 Å². The molecule has 1 saturated heterocycles. The summed E-state index contributed by atoms with van der Waals surface area (Å²) in [6, 6.07) is 12.7. The molecule has 1 atom stereocenters. The molecule has 8 heteroatoms. The lowest BCUT2D eigenvalue weighted by Crippen LogP contribution is -2.47. The summed E-state index contributed by atoms with van der Waals surface area (Å²) >= 11 is 0. The summed E-state index contributed by atoms with van der Waals surface area (Å²) in [6.45, 7) is 5.38. The number of imide groups is 1. The van der Waals surface area contributed by atoms with Crippen molar-refractivity contribution < 1.29 is 19.2 Å². The van der Waals surface area contributed by atoms with Gasteiger partial charge in [-0.1, -0.05) is 36.4 Å². The molecule has 5 amide bonds. The summed E-state index contributed by atoms with van der Waals surface area (Å²) in [5.74, 6) is -1.24. The van der Waals surface area contributed by atoms with Gasteiger partial charge in [0, 0.05) is 13.1 Å². The SMILES string of the molecule is CCNC(=O)CN(CC)C(=O)CN1C(=O)N[C@](C)(c2ccc3ccccc3c2)C1=O. The first-order valence-electron chi connectivity index (χ1n) is 9.98. The Bertz CT molecular complexity index is 1010. The third kappa shape index (κ3) is 3.98. The number of hydrogen-bond donors (Lipinski definition) is 2. The van der Waals surface area contributed by atoms with Crippen LogP contribution in [0.1, 0.15) is 26.3 Å². The Kier molecular flexibility index (Phi) is 6.05. The van der Waals surface area contributed by atoms with E-state index in [2.05, 4.69) is 10.6 Å². The number of urea groups is 1. The molecule has 0 spiro atoms. The third-order valence-electron chi connectivity index (χ3n) is 5.34. The van der Waals surface area contributed by atoms with Crippen LogP contribution < -0.4 is 10.6 Å². The van der Waals surface area contributed by atoms with Gasteiger partial charge in [-0.05, 0) is 43.2 Å². The number of carbonyl (C=O) groups excluding carboxylic acids is 4. The molecule has 2 aromatic carbocycles. The minimum atomic E-state index is -1.27. The van der Waals surface area contributed by atoms with E-state index in [-0.39, 0.29) is 12.5 Å². The maximum absolute atomic E-state index is 13.1. The van der Waals surface area contributed by atoms with Gasteiger partial charge in [0.2, 0.25) is 11.8 Å². The second-order valence-corrected chi connectivity index (χ2v) is 7.37. The molecule has 3 rings (SSSR count). The van der Waals surface area contributed by atoms with Gasteiger partial charge in [0.25, 0.3) is 5.91 Å². The van der Waals surface area contributed by atoms with Crippen LogP contribution in [-0.4, -0.2) is 59.7 Å². The van der Waals surface area contributed by atoms with Crippen LogP contribution in [0.2, 0.25) is 0 Å². The highest BCUT2D eigenvalue weighted by Crippen LogP contribution is 2.31. The average Bonchev–Trinajstić information content (AvgIpc) is 2.95. The molecule has 8 nitrogen and oxygen atoms in total. The Morgan fingerprint density at radius 3 is 2.47 bits per heavy atom. The Hall–Kier alpha value is -3.42. The van der Waals surface area contributed by atoms with E-state index in [1.807, 2.05) is 36.4 Å². The van der Waals surface area contributed by atoms with Crippen molar-refractivity contribution in [2.45, 2.75) is 26.3 Å². The molecule has 2 N–H and O–H groups in total. The van der Waals surface area contributed by atoms with Gasteiger partial charge in [0.05, 0.1) is 6.54 Å². The van der Waals surface area contributed by atoms with Gasteiger partial charge < -0.3 is 15.5 Å². The number of rotatable bonds is 7. The summed E-state index contributed by atoms with van der Waals surface area (Å²) < 4.78 is 0. The quantitative estimate of drug-likeness (QED) is 0.677. The van der Waals surface area contributed by atoms with E-state index >= 15 is 0 Å². The van der Waals surface area contributed by atoms with E-state index in [1.165, 1.54) is 4.90 Å². The first-order chi connectivity index (χ1) is 14.3. The standard InChI is InChI=1S/C22H26N4O4/c1-4-23-18(27)13-25(5-2)19(28)14-26-20(29)22(3,24-21(26)30)17-11-10-15-8-6-7-9-16(15)12-17/h6-12H,4-5,13-14H2,1-3H3,(H,23,27)(H,24,30)/t22-/m1/s1. The van der Waals surface area contributed by atoms with E-state index in [1.54, 1.807) is 26.8 Å². The van der Waals surface area contributed by atoms with E-state index in [0.29, 0.717) is 18.7 Å². The van der Waals surface area contributed by atoms with E-state index in [4.69, 9.17) is 0 Å². The van der Waals surface area contributed by atoms with Crippen molar-refractivity contribution in [2.75, 3.05) is 26.2 Å². The van der Waals surface area contributed by atoms with E-state index < -0.39 is 29.9 Å². The Morgan fingerprint density at radius 2 is 1.80 bits per heavy atom. The fraction of sp³-hybridized carbons (Fsp3) is 0.364. The van der Waals surface area contributed by atoms with Crippen LogP contribution in [0.3, 0.4) is 0 Å². The van der Waals surface area contributed by atoms with Gasteiger partial charge in [-0.15, -0.1) is 0 Å². The molecule has 0 saturated carbocycles. The number of carbonyl (C=O) groups is 4. The van der Waals surface area contributed by atoms with Crippen LogP contribution in [0.25, 0.3) is 10.8 Å². The highest BCUT2D eigenvalue weighted by molar-refractivity contribution is 6.09. The molecule has 1 heterocycles. The van der Waals surface area contributed by atoms with Crippen molar-refractivity contribution in [1.29, 1.82) is 0 Å². The lowest BCUT2D eigenvalue weighted by Gasteiger charge is -2.24. The molecule has 0 radical (unpaired) electrons. The van der Waals surface area contributed by atoms with Crippen LogP contribution in [0.15, 0.2) is 42.5 Å². The van der Waals surface area contributed by atoms with E-state index in [9.17, 15) is 19.2 Å². The lowest BCUT2D eigenvalue weighted by atomic mass is 9.90. The monoisotopic (exact) mass is 410 g/mol. The molecule has 30 heavy (non-hydrogen) atoms. The van der Waals surface area contributed by atoms with Crippen LogP contribution in [0, 0.1) is 0 Å². The zero-order chi connectivity index (χ0) is 21.9. The van der Waals surface area contributed by atoms with Gasteiger partial charge in [-0.25, -0.2) is 4.79 Å². The van der Waals surface area contributed by atoms with Crippen LogP contribution in [0.4, 0.5) is 4.79 Å². The summed E-state index contributed by atoms with van der Waals surface area (Å²) in [5.41, 5.74) is -0.623. The number of amides is 5. The molecule has 0 unspecified atom stereocenters. The highest BCUT2D eigenvalue weighted by Gasteiger charge is 2.49. The van der Waals surface area contributed by atoms with E-state index in [0.717, 1.165) is 15.7 Å². The molecule has 2 aromatic rings. The van der Waals surface area contributed by atoms with Crippen molar-refractivity contribution in [3.63, 3.8) is 0 Å². The number of nitrogens with one attached hydrogen (secondary N) is 2. The third-order valence-corrected chi connectivity index (χ3v) is 5.34. The summed E-state index contributed by atoms with van der Waals surface area (Å²) in [7, 11) is 0. The molecular weight excluding hydrogens is 384 g/mol. The largest absolute Gasteiger partial charge is 0.355 e. The van der Waals surface area contributed by atoms with Crippen molar-refractivity contribution in [2.24, 2.45) is 0 Å². The van der Waals surface area contributed by atoms with Crippen molar-refractivity contribution in [3.8, 4) is 0 Å². The fourth-order valence-electron chi connectivity index (χ4n) is 3.57. The molecule has 1 aliphatic heterocycles. The summed E-state index contributed by atoms with van der Waals surface area (Å²) in [6.07, 6.45) is 0. The molecular formula is C22H26N4O4. The zero-order valence-corrected chi connectivity index (χ0v) is 17.4. The molecule has 0 bridgehead atoms. The lowest BCUT2D eigenvalue weighted by molar-refractivity contribution is -0.140. The first kappa shape index (κ1) is 21.3. The van der Waals surface area contributed by atoms with Crippen molar-refractivity contribution >= 4 is 34.5 Å². The second kappa shape index (κ2) is 8.52. The number of likely N-dealkylation sites (N-methyl/N-ethyl adjacent to an activating group) is 2. The summed E-state index contributed by atoms with van der Waals surface area (Å²) in [5, 5.41) is 7.33. The summed E-state index contributed by atoms with van der Waals surface area (Å²) in [4.78, 5) is 52.4. The predicted octanol–water partition coefficient (Wildman–Crippen LogP) is 1.59. The Balaban J connectivity index is 1.79. The van der Waals surface area contributed by atoms with Crippen LogP contribution >= 0.6 is 0 Å². The smallest absolute Gasteiger partial charge is 0.325 e. The van der Waals surface area contributed by atoms with Crippen molar-refractivity contribution in [1.82, 2.24) is 20.4 Å². The number of benzene rings is 2. The molecule has 0 aromatic heterocycles. The number of nitrogens with zero attached hydrogens (tertiary/aromatic N) is 2. The topological polar surface area (TPSA) is 98.8 Å². The Morgan fingerprint density at radius 1 is 1.10 bits per heavy atom. The zero-order valence-electron chi connectivity index (χ0n) is 17.4. The Labute approximate surface area is 175 Å². The van der Waals surface area contributed by atoms with Gasteiger partial charge in [-0.3, -0.25) is 19.3 Å². The molecule has 158 valence electrons. The maximum atomic E-state index is 13.1. The molecule has 1 fully saturated rings. The number of hydrogen-bond acceptors (Lipinski definition) is 4. The number of fused-ring (bicyclic) bond motifs is 1. The van der Waals surface area contributed by atoms with Gasteiger partial charge in [0.15, 0.2) is 0 Å². The second-order valence-electron chi connectivity index (χ2n) is 7.37. The fourth-order valence-corrected chi connectivity index (χ4v) is 3.57.